The highest BCUT2D eigenvalue weighted by atomic mass is 35.5. The van der Waals surface area contributed by atoms with Gasteiger partial charge in [-0.25, -0.2) is 0 Å². The van der Waals surface area contributed by atoms with Crippen molar-refractivity contribution in [3.05, 3.63) is 34.6 Å². The van der Waals surface area contributed by atoms with Crippen LogP contribution in [0.3, 0.4) is 0 Å². The molecule has 0 fully saturated rings. The predicted molar refractivity (Wildman–Crippen MR) is 81.4 cm³/mol. The normalized spacial score (nSPS) is 10.6. The Kier molecular flexibility index (Phi) is 5.08. The molecular formula is C13H15ClN4O2S. The number of benzene rings is 1. The van der Waals surface area contributed by atoms with E-state index in [1.165, 1.54) is 11.8 Å². The van der Waals surface area contributed by atoms with Gasteiger partial charge in [-0.1, -0.05) is 29.4 Å². The van der Waals surface area contributed by atoms with Crippen LogP contribution in [0.4, 0.5) is 0 Å². The topological polar surface area (TPSA) is 83.0 Å². The summed E-state index contributed by atoms with van der Waals surface area (Å²) in [6, 6.07) is 5.56. The van der Waals surface area contributed by atoms with Crippen molar-refractivity contribution >= 4 is 29.3 Å². The Morgan fingerprint density at radius 2 is 2.24 bits per heavy atom. The van der Waals surface area contributed by atoms with Crippen LogP contribution in [0.5, 0.6) is 5.75 Å². The molecule has 1 aromatic heterocycles. The minimum absolute atomic E-state index is 0.163. The number of ether oxygens (including phenoxy) is 1. The van der Waals surface area contributed by atoms with Gasteiger partial charge in [-0.3, -0.25) is 4.79 Å². The molecule has 0 bridgehead atoms. The first kappa shape index (κ1) is 15.7. The largest absolute Gasteiger partial charge is 0.484 e. The number of carbonyl (C=O) groups excluding carboxylic acids is 1. The zero-order chi connectivity index (χ0) is 15.4. The van der Waals surface area contributed by atoms with Crippen LogP contribution in [0.1, 0.15) is 11.4 Å². The maximum atomic E-state index is 10.8. The molecule has 0 radical (unpaired) electrons. The van der Waals surface area contributed by atoms with E-state index in [-0.39, 0.29) is 12.4 Å². The van der Waals surface area contributed by atoms with Crippen molar-refractivity contribution in [3.8, 4) is 5.75 Å². The van der Waals surface area contributed by atoms with Crippen molar-refractivity contribution in [3.63, 3.8) is 0 Å². The summed E-state index contributed by atoms with van der Waals surface area (Å²) in [4.78, 5) is 10.8. The molecule has 0 spiro atoms. The molecule has 0 saturated heterocycles. The summed E-state index contributed by atoms with van der Waals surface area (Å²) in [7, 11) is 1.81. The minimum Gasteiger partial charge on any atom is -0.484 e. The van der Waals surface area contributed by atoms with Crippen LogP contribution >= 0.6 is 23.4 Å². The SMILES string of the molecule is Cc1ccc(Cl)c(OCc2nnc(SCC(N)=O)n2C)c1. The molecule has 2 aromatic rings. The maximum Gasteiger partial charge on any atom is 0.227 e. The van der Waals surface area contributed by atoms with E-state index < -0.39 is 5.91 Å². The van der Waals surface area contributed by atoms with Gasteiger partial charge in [-0.05, 0) is 24.6 Å². The fourth-order valence-electron chi connectivity index (χ4n) is 1.60. The van der Waals surface area contributed by atoms with E-state index in [1.807, 2.05) is 19.1 Å². The monoisotopic (exact) mass is 326 g/mol. The zero-order valence-electron chi connectivity index (χ0n) is 11.7. The van der Waals surface area contributed by atoms with Crippen molar-refractivity contribution < 1.29 is 9.53 Å². The summed E-state index contributed by atoms with van der Waals surface area (Å²) in [5.41, 5.74) is 6.17. The van der Waals surface area contributed by atoms with Gasteiger partial charge in [0.15, 0.2) is 11.0 Å². The molecule has 2 rings (SSSR count). The summed E-state index contributed by atoms with van der Waals surface area (Å²) >= 11 is 7.31. The van der Waals surface area contributed by atoms with Crippen molar-refractivity contribution in [1.29, 1.82) is 0 Å². The number of carbonyl (C=O) groups is 1. The van der Waals surface area contributed by atoms with Crippen LogP contribution in [0.15, 0.2) is 23.4 Å². The van der Waals surface area contributed by atoms with Gasteiger partial charge < -0.3 is 15.0 Å². The van der Waals surface area contributed by atoms with Gasteiger partial charge in [0.1, 0.15) is 12.4 Å². The third kappa shape index (κ3) is 4.12. The lowest BCUT2D eigenvalue weighted by molar-refractivity contribution is -0.115. The molecule has 1 heterocycles. The van der Waals surface area contributed by atoms with Crippen LogP contribution in [0, 0.1) is 6.92 Å². The Morgan fingerprint density at radius 1 is 1.48 bits per heavy atom. The standard InChI is InChI=1S/C13H15ClN4O2S/c1-8-3-4-9(14)10(5-8)20-6-12-16-17-13(18(12)2)21-7-11(15)19/h3-5H,6-7H2,1-2H3,(H2,15,19). The second-order valence-electron chi connectivity index (χ2n) is 4.44. The Morgan fingerprint density at radius 3 is 2.95 bits per heavy atom. The summed E-state index contributed by atoms with van der Waals surface area (Å²) < 4.78 is 7.43. The number of hydrogen-bond donors (Lipinski definition) is 1. The van der Waals surface area contributed by atoms with Crippen molar-refractivity contribution in [2.75, 3.05) is 5.75 Å². The van der Waals surface area contributed by atoms with Gasteiger partial charge in [0.25, 0.3) is 0 Å². The zero-order valence-corrected chi connectivity index (χ0v) is 13.2. The molecule has 1 amide bonds. The maximum absolute atomic E-state index is 10.8. The summed E-state index contributed by atoms with van der Waals surface area (Å²) in [6.45, 7) is 2.20. The second kappa shape index (κ2) is 6.82. The second-order valence-corrected chi connectivity index (χ2v) is 5.79. The molecule has 0 saturated carbocycles. The average molecular weight is 327 g/mol. The highest BCUT2D eigenvalue weighted by Gasteiger charge is 2.11. The van der Waals surface area contributed by atoms with E-state index in [2.05, 4.69) is 10.2 Å². The first-order chi connectivity index (χ1) is 9.97. The van der Waals surface area contributed by atoms with Crippen LogP contribution in [-0.2, 0) is 18.4 Å². The molecule has 6 nitrogen and oxygen atoms in total. The van der Waals surface area contributed by atoms with E-state index in [0.717, 1.165) is 5.56 Å². The number of hydrogen-bond acceptors (Lipinski definition) is 5. The van der Waals surface area contributed by atoms with Gasteiger partial charge in [0.2, 0.25) is 5.91 Å². The molecule has 21 heavy (non-hydrogen) atoms. The number of aromatic nitrogens is 3. The number of amides is 1. The molecule has 112 valence electrons. The van der Waals surface area contributed by atoms with E-state index in [0.29, 0.717) is 21.8 Å². The average Bonchev–Trinajstić information content (AvgIpc) is 2.78. The van der Waals surface area contributed by atoms with Gasteiger partial charge in [-0.15, -0.1) is 10.2 Å². The third-order valence-corrected chi connectivity index (χ3v) is 4.07. The van der Waals surface area contributed by atoms with Crippen LogP contribution in [-0.4, -0.2) is 26.4 Å². The summed E-state index contributed by atoms with van der Waals surface area (Å²) in [5, 5.41) is 9.19. The first-order valence-corrected chi connectivity index (χ1v) is 7.52. The molecule has 2 N–H and O–H groups in total. The molecule has 0 aliphatic heterocycles. The number of halogens is 1. The fraction of sp³-hybridized carbons (Fsp3) is 0.308. The molecular weight excluding hydrogens is 312 g/mol. The Labute approximate surface area is 131 Å². The smallest absolute Gasteiger partial charge is 0.227 e. The van der Waals surface area contributed by atoms with Crippen LogP contribution < -0.4 is 10.5 Å². The fourth-order valence-corrected chi connectivity index (χ4v) is 2.44. The molecule has 0 aliphatic rings. The number of nitrogens with two attached hydrogens (primary N) is 1. The summed E-state index contributed by atoms with van der Waals surface area (Å²) in [6.07, 6.45) is 0. The number of thioether (sulfide) groups is 1. The Hall–Kier alpha value is -1.73. The highest BCUT2D eigenvalue weighted by Crippen LogP contribution is 2.26. The van der Waals surface area contributed by atoms with E-state index >= 15 is 0 Å². The van der Waals surface area contributed by atoms with E-state index in [4.69, 9.17) is 22.1 Å². The van der Waals surface area contributed by atoms with Gasteiger partial charge >= 0.3 is 0 Å². The van der Waals surface area contributed by atoms with Crippen LogP contribution in [0.2, 0.25) is 5.02 Å². The van der Waals surface area contributed by atoms with E-state index in [9.17, 15) is 4.79 Å². The van der Waals surface area contributed by atoms with Crippen molar-refractivity contribution in [1.82, 2.24) is 14.8 Å². The quantitative estimate of drug-likeness (QED) is 0.820. The number of nitrogens with zero attached hydrogens (tertiary/aromatic N) is 3. The lowest BCUT2D eigenvalue weighted by atomic mass is 10.2. The molecule has 0 atom stereocenters. The van der Waals surface area contributed by atoms with Crippen molar-refractivity contribution in [2.24, 2.45) is 12.8 Å². The number of primary amides is 1. The third-order valence-electron chi connectivity index (χ3n) is 2.71. The highest BCUT2D eigenvalue weighted by molar-refractivity contribution is 7.99. The predicted octanol–water partition coefficient (Wildman–Crippen LogP) is 1.93. The number of aryl methyl sites for hydroxylation is 1. The molecule has 0 aliphatic carbocycles. The van der Waals surface area contributed by atoms with Crippen LogP contribution in [0.25, 0.3) is 0 Å². The lowest BCUT2D eigenvalue weighted by Crippen LogP contribution is -2.13. The minimum atomic E-state index is -0.396. The van der Waals surface area contributed by atoms with Gasteiger partial charge in [-0.2, -0.15) is 0 Å². The molecule has 8 heteroatoms. The first-order valence-electron chi connectivity index (χ1n) is 6.15. The molecule has 0 unspecified atom stereocenters. The van der Waals surface area contributed by atoms with Crippen molar-refractivity contribution in [2.45, 2.75) is 18.7 Å². The van der Waals surface area contributed by atoms with Gasteiger partial charge in [0.05, 0.1) is 10.8 Å². The number of rotatable bonds is 6. The molecule has 1 aromatic carbocycles. The Bertz CT molecular complexity index is 660. The summed E-state index contributed by atoms with van der Waals surface area (Å²) in [5.74, 6) is 1.01. The van der Waals surface area contributed by atoms with E-state index in [1.54, 1.807) is 17.7 Å². The lowest BCUT2D eigenvalue weighted by Gasteiger charge is -2.08. The van der Waals surface area contributed by atoms with Gasteiger partial charge in [0, 0.05) is 7.05 Å². The Balaban J connectivity index is 2.03.